The molecule has 1 aliphatic rings. The average molecular weight is 300 g/mol. The third-order valence-corrected chi connectivity index (χ3v) is 3.17. The lowest BCUT2D eigenvalue weighted by atomic mass is 9.93. The fourth-order valence-corrected chi connectivity index (χ4v) is 2.10. The van der Waals surface area contributed by atoms with Crippen LogP contribution in [0.2, 0.25) is 0 Å². The maximum absolute atomic E-state index is 11.9. The molecule has 0 aromatic rings. The smallest absolute Gasteiger partial charge is 0.413 e. The summed E-state index contributed by atoms with van der Waals surface area (Å²) in [7, 11) is 1.48. The van der Waals surface area contributed by atoms with Crippen LogP contribution in [0.25, 0.3) is 0 Å². The van der Waals surface area contributed by atoms with Crippen LogP contribution in [0.3, 0.4) is 0 Å². The topological polar surface area (TPSA) is 102 Å². The lowest BCUT2D eigenvalue weighted by Crippen LogP contribution is -2.45. The van der Waals surface area contributed by atoms with Crippen molar-refractivity contribution >= 4 is 24.3 Å². The van der Waals surface area contributed by atoms with Gasteiger partial charge in [0.15, 0.2) is 5.78 Å². The minimum Gasteiger partial charge on any atom is -0.424 e. The SMILES string of the molecule is CC(OC(=O)CNC=O)OC(=O)N(C)C1CCCCC1=O. The van der Waals surface area contributed by atoms with Crippen LogP contribution in [0.5, 0.6) is 0 Å². The number of hydrogen-bond acceptors (Lipinski definition) is 6. The summed E-state index contributed by atoms with van der Waals surface area (Å²) in [6, 6.07) is -0.481. The van der Waals surface area contributed by atoms with Crippen molar-refractivity contribution in [1.29, 1.82) is 0 Å². The molecular formula is C13H20N2O6. The van der Waals surface area contributed by atoms with Crippen molar-refractivity contribution in [3.05, 3.63) is 0 Å². The van der Waals surface area contributed by atoms with Gasteiger partial charge in [0.2, 0.25) is 12.7 Å². The average Bonchev–Trinajstić information content (AvgIpc) is 2.44. The molecule has 0 spiro atoms. The first-order valence-electron chi connectivity index (χ1n) is 6.78. The largest absolute Gasteiger partial charge is 0.424 e. The molecule has 2 amide bonds. The Bertz CT molecular complexity index is 411. The third-order valence-electron chi connectivity index (χ3n) is 3.17. The maximum Gasteiger partial charge on any atom is 0.413 e. The number of carbonyl (C=O) groups is 4. The number of Topliss-reactive ketones (excluding diaryl/α,β-unsaturated/α-hetero) is 1. The molecule has 1 N–H and O–H groups in total. The maximum atomic E-state index is 11.9. The van der Waals surface area contributed by atoms with Gasteiger partial charge in [-0.25, -0.2) is 4.79 Å². The van der Waals surface area contributed by atoms with Crippen LogP contribution in [0, 0.1) is 0 Å². The summed E-state index contributed by atoms with van der Waals surface area (Å²) < 4.78 is 9.71. The Morgan fingerprint density at radius 1 is 1.43 bits per heavy atom. The molecule has 0 bridgehead atoms. The van der Waals surface area contributed by atoms with Gasteiger partial charge in [0.1, 0.15) is 6.54 Å². The van der Waals surface area contributed by atoms with Crippen molar-refractivity contribution in [1.82, 2.24) is 10.2 Å². The number of hydrogen-bond donors (Lipinski definition) is 1. The van der Waals surface area contributed by atoms with E-state index < -0.39 is 24.4 Å². The van der Waals surface area contributed by atoms with E-state index in [1.54, 1.807) is 0 Å². The molecule has 0 heterocycles. The summed E-state index contributed by atoms with van der Waals surface area (Å²) in [6.07, 6.45) is 1.34. The van der Waals surface area contributed by atoms with Gasteiger partial charge in [-0.3, -0.25) is 14.4 Å². The number of nitrogens with zero attached hydrogens (tertiary/aromatic N) is 1. The molecule has 1 aliphatic carbocycles. The second-order valence-corrected chi connectivity index (χ2v) is 4.78. The first-order valence-corrected chi connectivity index (χ1v) is 6.78. The zero-order valence-corrected chi connectivity index (χ0v) is 12.2. The van der Waals surface area contributed by atoms with Crippen molar-refractivity contribution in [2.24, 2.45) is 0 Å². The van der Waals surface area contributed by atoms with E-state index in [9.17, 15) is 19.2 Å². The zero-order valence-electron chi connectivity index (χ0n) is 12.2. The number of rotatable bonds is 6. The second kappa shape index (κ2) is 8.23. The van der Waals surface area contributed by atoms with Gasteiger partial charge < -0.3 is 19.7 Å². The predicted octanol–water partition coefficient (Wildman–Crippen LogP) is 0.202. The highest BCUT2D eigenvalue weighted by molar-refractivity contribution is 5.87. The van der Waals surface area contributed by atoms with Gasteiger partial charge in [-0.05, 0) is 12.8 Å². The van der Waals surface area contributed by atoms with Crippen LogP contribution in [0.4, 0.5) is 4.79 Å². The first kappa shape index (κ1) is 16.9. The molecule has 2 atom stereocenters. The molecule has 8 heteroatoms. The van der Waals surface area contributed by atoms with Crippen LogP contribution < -0.4 is 5.32 Å². The number of carbonyl (C=O) groups excluding carboxylic acids is 4. The Morgan fingerprint density at radius 2 is 2.14 bits per heavy atom. The molecule has 0 aliphatic heterocycles. The molecular weight excluding hydrogens is 280 g/mol. The molecule has 21 heavy (non-hydrogen) atoms. The highest BCUT2D eigenvalue weighted by atomic mass is 16.7. The number of amides is 2. The van der Waals surface area contributed by atoms with E-state index in [1.807, 2.05) is 0 Å². The van der Waals surface area contributed by atoms with Gasteiger partial charge in [-0.2, -0.15) is 0 Å². The van der Waals surface area contributed by atoms with Crippen LogP contribution in [-0.2, 0) is 23.9 Å². The van der Waals surface area contributed by atoms with Crippen molar-refractivity contribution < 1.29 is 28.7 Å². The molecule has 0 aromatic heterocycles. The Labute approximate surface area is 122 Å². The quantitative estimate of drug-likeness (QED) is 0.427. The lowest BCUT2D eigenvalue weighted by molar-refractivity contribution is -0.165. The second-order valence-electron chi connectivity index (χ2n) is 4.78. The molecule has 118 valence electrons. The Hall–Kier alpha value is -2.12. The van der Waals surface area contributed by atoms with Gasteiger partial charge in [-0.15, -0.1) is 0 Å². The normalized spacial score (nSPS) is 19.3. The number of ether oxygens (including phenoxy) is 2. The van der Waals surface area contributed by atoms with E-state index in [2.05, 4.69) is 5.32 Å². The van der Waals surface area contributed by atoms with Gasteiger partial charge in [0, 0.05) is 20.4 Å². The van der Waals surface area contributed by atoms with Crippen molar-refractivity contribution in [3.63, 3.8) is 0 Å². The minimum atomic E-state index is -1.10. The molecule has 0 radical (unpaired) electrons. The molecule has 2 unspecified atom stereocenters. The van der Waals surface area contributed by atoms with Crippen LogP contribution in [0.15, 0.2) is 0 Å². The number of nitrogens with one attached hydrogen (secondary N) is 1. The fraction of sp³-hybridized carbons (Fsp3) is 0.692. The molecule has 0 saturated heterocycles. The van der Waals surface area contributed by atoms with E-state index in [-0.39, 0.29) is 12.3 Å². The van der Waals surface area contributed by atoms with E-state index in [0.717, 1.165) is 12.8 Å². The zero-order chi connectivity index (χ0) is 15.8. The lowest BCUT2D eigenvalue weighted by Gasteiger charge is -2.29. The standard InChI is InChI=1S/C13H20N2O6/c1-9(20-12(18)7-14-8-16)21-13(19)15(2)10-5-3-4-6-11(10)17/h8-10H,3-7H2,1-2H3,(H,14,16). The summed E-state index contributed by atoms with van der Waals surface area (Å²) in [4.78, 5) is 46.1. The van der Waals surface area contributed by atoms with E-state index in [4.69, 9.17) is 9.47 Å². The number of ketones is 1. The van der Waals surface area contributed by atoms with Crippen LogP contribution >= 0.6 is 0 Å². The molecule has 1 fully saturated rings. The monoisotopic (exact) mass is 300 g/mol. The fourth-order valence-electron chi connectivity index (χ4n) is 2.10. The van der Waals surface area contributed by atoms with Crippen LogP contribution in [-0.4, -0.2) is 55.1 Å². The van der Waals surface area contributed by atoms with Gasteiger partial charge in [0.05, 0.1) is 6.04 Å². The van der Waals surface area contributed by atoms with Crippen molar-refractivity contribution in [3.8, 4) is 0 Å². The summed E-state index contributed by atoms with van der Waals surface area (Å²) in [5, 5.41) is 2.14. The minimum absolute atomic E-state index is 0.0144. The van der Waals surface area contributed by atoms with Crippen molar-refractivity contribution in [2.75, 3.05) is 13.6 Å². The highest BCUT2D eigenvalue weighted by Gasteiger charge is 2.30. The Balaban J connectivity index is 2.42. The summed E-state index contributed by atoms with van der Waals surface area (Å²) in [5.74, 6) is -0.709. The molecule has 1 saturated carbocycles. The number of likely N-dealkylation sites (N-methyl/N-ethyl adjacent to an activating group) is 1. The van der Waals surface area contributed by atoms with Crippen molar-refractivity contribution in [2.45, 2.75) is 44.9 Å². The summed E-state index contributed by atoms with van der Waals surface area (Å²) in [5.41, 5.74) is 0. The van der Waals surface area contributed by atoms with Gasteiger partial charge in [-0.1, -0.05) is 6.42 Å². The predicted molar refractivity (Wildman–Crippen MR) is 71.1 cm³/mol. The first-order chi connectivity index (χ1) is 9.95. The molecule has 0 aromatic carbocycles. The van der Waals surface area contributed by atoms with E-state index in [0.29, 0.717) is 19.3 Å². The Kier molecular flexibility index (Phi) is 6.64. The van der Waals surface area contributed by atoms with E-state index in [1.165, 1.54) is 18.9 Å². The van der Waals surface area contributed by atoms with E-state index >= 15 is 0 Å². The third kappa shape index (κ3) is 5.41. The Morgan fingerprint density at radius 3 is 2.76 bits per heavy atom. The van der Waals surface area contributed by atoms with Gasteiger partial charge >= 0.3 is 12.1 Å². The van der Waals surface area contributed by atoms with Gasteiger partial charge in [0.25, 0.3) is 0 Å². The molecule has 1 rings (SSSR count). The number of esters is 1. The summed E-state index contributed by atoms with van der Waals surface area (Å²) >= 11 is 0. The summed E-state index contributed by atoms with van der Waals surface area (Å²) in [6.45, 7) is 1.08. The molecule has 8 nitrogen and oxygen atoms in total. The highest BCUT2D eigenvalue weighted by Crippen LogP contribution is 2.19. The van der Waals surface area contributed by atoms with Crippen LogP contribution in [0.1, 0.15) is 32.6 Å².